The lowest BCUT2D eigenvalue weighted by atomic mass is 10.1. The van der Waals surface area contributed by atoms with E-state index in [0.717, 1.165) is 25.7 Å². The summed E-state index contributed by atoms with van der Waals surface area (Å²) in [6.45, 7) is 0.484. The normalized spacial score (nSPS) is 20.3. The van der Waals surface area contributed by atoms with Gasteiger partial charge in [-0.2, -0.15) is 0 Å². The maximum Gasteiger partial charge on any atom is 0.270 e. The van der Waals surface area contributed by atoms with Gasteiger partial charge in [0.25, 0.3) is 5.91 Å². The van der Waals surface area contributed by atoms with Gasteiger partial charge in [0, 0.05) is 19.8 Å². The standard InChI is InChI=1S/C13H21N3O4S/c1-15-8-11(21(14,19)20)7-12(15)13(18)16-6-4-2-3-5-10(16)9-17/h7-8,10,17H,2-6,9H2,1H3,(H2,14,19,20). The molecule has 21 heavy (non-hydrogen) atoms. The molecule has 1 fully saturated rings. The Hall–Kier alpha value is -1.38. The number of sulfonamides is 1. The second-order valence-corrected chi connectivity index (χ2v) is 6.96. The molecule has 0 aliphatic carbocycles. The molecule has 1 saturated heterocycles. The average molecular weight is 315 g/mol. The van der Waals surface area contributed by atoms with Crippen LogP contribution in [0.4, 0.5) is 0 Å². The number of aliphatic hydroxyl groups is 1. The van der Waals surface area contributed by atoms with Crippen LogP contribution < -0.4 is 5.14 Å². The van der Waals surface area contributed by atoms with Crippen LogP contribution in [0.25, 0.3) is 0 Å². The first-order chi connectivity index (χ1) is 9.84. The van der Waals surface area contributed by atoms with Crippen LogP contribution in [0.3, 0.4) is 0 Å². The van der Waals surface area contributed by atoms with Gasteiger partial charge in [-0.15, -0.1) is 0 Å². The van der Waals surface area contributed by atoms with Crippen molar-refractivity contribution in [2.75, 3.05) is 13.2 Å². The van der Waals surface area contributed by atoms with E-state index in [1.807, 2.05) is 0 Å². The van der Waals surface area contributed by atoms with Gasteiger partial charge in [0.1, 0.15) is 10.6 Å². The molecule has 1 aliphatic heterocycles. The predicted octanol–water partition coefficient (Wildman–Crippen LogP) is 0.0496. The van der Waals surface area contributed by atoms with Crippen LogP contribution in [-0.4, -0.2) is 48.1 Å². The molecule has 3 N–H and O–H groups in total. The maximum atomic E-state index is 12.6. The lowest BCUT2D eigenvalue weighted by molar-refractivity contribution is 0.0590. The number of amides is 1. The number of hydrogen-bond acceptors (Lipinski definition) is 4. The minimum Gasteiger partial charge on any atom is -0.394 e. The molecule has 118 valence electrons. The fourth-order valence-electron chi connectivity index (χ4n) is 2.68. The number of hydrogen-bond donors (Lipinski definition) is 2. The highest BCUT2D eigenvalue weighted by Crippen LogP contribution is 2.21. The number of aliphatic hydroxyl groups excluding tert-OH is 1. The molecule has 2 rings (SSSR count). The zero-order chi connectivity index (χ0) is 15.6. The van der Waals surface area contributed by atoms with E-state index in [4.69, 9.17) is 5.14 Å². The van der Waals surface area contributed by atoms with E-state index in [1.54, 1.807) is 11.9 Å². The summed E-state index contributed by atoms with van der Waals surface area (Å²) >= 11 is 0. The monoisotopic (exact) mass is 315 g/mol. The molecular formula is C13H21N3O4S. The fourth-order valence-corrected chi connectivity index (χ4v) is 3.27. The first kappa shape index (κ1) is 16.0. The number of aromatic nitrogens is 1. The number of primary sulfonamides is 1. The van der Waals surface area contributed by atoms with Gasteiger partial charge in [-0.05, 0) is 18.9 Å². The highest BCUT2D eigenvalue weighted by atomic mass is 32.2. The molecule has 1 aliphatic rings. The number of nitrogens with two attached hydrogens (primary N) is 1. The van der Waals surface area contributed by atoms with Crippen molar-refractivity contribution in [2.24, 2.45) is 12.2 Å². The van der Waals surface area contributed by atoms with E-state index >= 15 is 0 Å². The highest BCUT2D eigenvalue weighted by molar-refractivity contribution is 7.89. The second kappa shape index (κ2) is 6.17. The van der Waals surface area contributed by atoms with Gasteiger partial charge >= 0.3 is 0 Å². The van der Waals surface area contributed by atoms with E-state index in [1.165, 1.54) is 16.8 Å². The molecule has 0 aromatic carbocycles. The molecule has 1 aromatic heterocycles. The number of rotatable bonds is 3. The third-order valence-electron chi connectivity index (χ3n) is 3.88. The van der Waals surface area contributed by atoms with Crippen molar-refractivity contribution in [3.8, 4) is 0 Å². The quantitative estimate of drug-likeness (QED) is 0.822. The Labute approximate surface area is 124 Å². The summed E-state index contributed by atoms with van der Waals surface area (Å²) < 4.78 is 24.2. The van der Waals surface area contributed by atoms with Gasteiger partial charge in [0.05, 0.1) is 12.6 Å². The molecule has 8 heteroatoms. The summed E-state index contributed by atoms with van der Waals surface area (Å²) in [5.74, 6) is -0.270. The first-order valence-electron chi connectivity index (χ1n) is 6.95. The molecular weight excluding hydrogens is 294 g/mol. The van der Waals surface area contributed by atoms with Crippen LogP contribution in [0.1, 0.15) is 36.2 Å². The van der Waals surface area contributed by atoms with Crippen molar-refractivity contribution in [2.45, 2.75) is 36.6 Å². The van der Waals surface area contributed by atoms with Crippen molar-refractivity contribution in [1.29, 1.82) is 0 Å². The van der Waals surface area contributed by atoms with E-state index in [0.29, 0.717) is 6.54 Å². The van der Waals surface area contributed by atoms with E-state index in [-0.39, 0.29) is 29.1 Å². The molecule has 1 atom stereocenters. The molecule has 1 amide bonds. The van der Waals surface area contributed by atoms with E-state index < -0.39 is 10.0 Å². The Morgan fingerprint density at radius 1 is 1.43 bits per heavy atom. The van der Waals surface area contributed by atoms with Crippen molar-refractivity contribution >= 4 is 15.9 Å². The molecule has 0 bridgehead atoms. The average Bonchev–Trinajstić information content (AvgIpc) is 2.67. The lowest BCUT2D eigenvalue weighted by Crippen LogP contribution is -2.42. The molecule has 0 saturated carbocycles. The number of aryl methyl sites for hydroxylation is 1. The van der Waals surface area contributed by atoms with Gasteiger partial charge < -0.3 is 14.6 Å². The van der Waals surface area contributed by atoms with Crippen LogP contribution >= 0.6 is 0 Å². The minimum atomic E-state index is -3.84. The van der Waals surface area contributed by atoms with Gasteiger partial charge in [0.15, 0.2) is 0 Å². The van der Waals surface area contributed by atoms with Crippen LogP contribution in [0.5, 0.6) is 0 Å². The Balaban J connectivity index is 2.32. The van der Waals surface area contributed by atoms with Gasteiger partial charge in [-0.25, -0.2) is 13.6 Å². The summed E-state index contributed by atoms with van der Waals surface area (Å²) in [5.41, 5.74) is 0.263. The zero-order valence-corrected chi connectivity index (χ0v) is 12.8. The Kier molecular flexibility index (Phi) is 4.70. The second-order valence-electron chi connectivity index (χ2n) is 5.40. The molecule has 1 unspecified atom stereocenters. The number of carbonyl (C=O) groups excluding carboxylic acids is 1. The van der Waals surface area contributed by atoms with Gasteiger partial charge in [0.2, 0.25) is 10.0 Å². The smallest absolute Gasteiger partial charge is 0.270 e. The largest absolute Gasteiger partial charge is 0.394 e. The number of likely N-dealkylation sites (tertiary alicyclic amines) is 1. The van der Waals surface area contributed by atoms with Crippen molar-refractivity contribution < 1.29 is 18.3 Å². The lowest BCUT2D eigenvalue weighted by Gasteiger charge is -2.28. The van der Waals surface area contributed by atoms with Gasteiger partial charge in [-0.1, -0.05) is 12.8 Å². The molecule has 0 radical (unpaired) electrons. The van der Waals surface area contributed by atoms with Gasteiger partial charge in [-0.3, -0.25) is 4.79 Å². The molecule has 7 nitrogen and oxygen atoms in total. The zero-order valence-electron chi connectivity index (χ0n) is 12.0. The topological polar surface area (TPSA) is 106 Å². The molecule has 0 spiro atoms. The third-order valence-corrected chi connectivity index (χ3v) is 4.76. The maximum absolute atomic E-state index is 12.6. The van der Waals surface area contributed by atoms with Crippen LogP contribution in [-0.2, 0) is 17.1 Å². The summed E-state index contributed by atoms with van der Waals surface area (Å²) in [4.78, 5) is 14.2. The number of carbonyl (C=O) groups is 1. The summed E-state index contributed by atoms with van der Waals surface area (Å²) in [6, 6.07) is 1.07. The minimum absolute atomic E-state index is 0.0799. The summed E-state index contributed by atoms with van der Waals surface area (Å²) in [7, 11) is -2.23. The Morgan fingerprint density at radius 2 is 2.14 bits per heavy atom. The van der Waals surface area contributed by atoms with Crippen LogP contribution in [0.2, 0.25) is 0 Å². The van der Waals surface area contributed by atoms with Crippen LogP contribution in [0, 0.1) is 0 Å². The van der Waals surface area contributed by atoms with Crippen molar-refractivity contribution in [3.05, 3.63) is 18.0 Å². The Morgan fingerprint density at radius 3 is 2.71 bits per heavy atom. The fraction of sp³-hybridized carbons (Fsp3) is 0.615. The SMILES string of the molecule is Cn1cc(S(N)(=O)=O)cc1C(=O)N1CCCCCC1CO. The van der Waals surface area contributed by atoms with Crippen molar-refractivity contribution in [1.82, 2.24) is 9.47 Å². The highest BCUT2D eigenvalue weighted by Gasteiger charge is 2.28. The summed E-state index contributed by atoms with van der Waals surface area (Å²) in [6.07, 6.45) is 4.97. The Bertz CT molecular complexity index is 623. The van der Waals surface area contributed by atoms with E-state index in [2.05, 4.69) is 0 Å². The summed E-state index contributed by atoms with van der Waals surface area (Å²) in [5, 5.41) is 14.6. The third kappa shape index (κ3) is 3.45. The van der Waals surface area contributed by atoms with Crippen molar-refractivity contribution in [3.63, 3.8) is 0 Å². The molecule has 1 aromatic rings. The molecule has 2 heterocycles. The van der Waals surface area contributed by atoms with E-state index in [9.17, 15) is 18.3 Å². The number of nitrogens with zero attached hydrogens (tertiary/aromatic N) is 2. The van der Waals surface area contributed by atoms with Crippen LogP contribution in [0.15, 0.2) is 17.2 Å². The predicted molar refractivity (Wildman–Crippen MR) is 77.2 cm³/mol. The first-order valence-corrected chi connectivity index (χ1v) is 8.50.